The number of aromatic nitrogens is 3. The number of carbonyl (C=O) groups is 3. The quantitative estimate of drug-likeness (QED) is 0.699. The molecule has 0 aliphatic carbocycles. The lowest BCUT2D eigenvalue weighted by molar-refractivity contribution is -0.138. The summed E-state index contributed by atoms with van der Waals surface area (Å²) in [5, 5.41) is 8.66. The Labute approximate surface area is 109 Å². The first-order valence-corrected chi connectivity index (χ1v) is 6.12. The molecule has 2 heterocycles. The van der Waals surface area contributed by atoms with E-state index in [4.69, 9.17) is 0 Å². The number of hydrogen-bond acceptors (Lipinski definition) is 5. The number of imide groups is 1. The first-order valence-electron chi connectivity index (χ1n) is 6.12. The molecule has 1 atom stereocenters. The van der Waals surface area contributed by atoms with E-state index in [1.165, 1.54) is 4.90 Å². The highest BCUT2D eigenvalue weighted by Gasteiger charge is 2.37. The summed E-state index contributed by atoms with van der Waals surface area (Å²) in [5.74, 6) is -0.888. The number of aryl methyl sites for hydroxylation is 1. The van der Waals surface area contributed by atoms with Gasteiger partial charge in [0.1, 0.15) is 18.4 Å². The van der Waals surface area contributed by atoms with Gasteiger partial charge in [-0.15, -0.1) is 5.10 Å². The molecule has 8 nitrogen and oxygen atoms in total. The van der Waals surface area contributed by atoms with Crippen molar-refractivity contribution in [3.63, 3.8) is 0 Å². The van der Waals surface area contributed by atoms with Crippen LogP contribution in [0, 0.1) is 0 Å². The van der Waals surface area contributed by atoms with Gasteiger partial charge in [0.25, 0.3) is 5.91 Å². The molecule has 1 aromatic heterocycles. The molecule has 0 aromatic carbocycles. The van der Waals surface area contributed by atoms with Crippen LogP contribution in [-0.2, 0) is 16.0 Å². The van der Waals surface area contributed by atoms with Crippen molar-refractivity contribution < 1.29 is 14.4 Å². The second-order valence-corrected chi connectivity index (χ2v) is 4.23. The molecule has 1 fully saturated rings. The molecule has 19 heavy (non-hydrogen) atoms. The lowest BCUT2D eigenvalue weighted by Crippen LogP contribution is -2.59. The summed E-state index contributed by atoms with van der Waals surface area (Å²) in [6.07, 6.45) is 1.05. The number of H-pyrrole nitrogens is 1. The Kier molecular flexibility index (Phi) is 3.59. The molecular formula is C11H15N5O3. The third-order valence-corrected chi connectivity index (χ3v) is 2.96. The maximum Gasteiger partial charge on any atom is 0.294 e. The Bertz CT molecular complexity index is 524. The zero-order valence-electron chi connectivity index (χ0n) is 10.8. The van der Waals surface area contributed by atoms with Crippen LogP contribution in [0.15, 0.2) is 0 Å². The average Bonchev–Trinajstić information content (AvgIpc) is 2.85. The summed E-state index contributed by atoms with van der Waals surface area (Å²) < 4.78 is 0. The van der Waals surface area contributed by atoms with Crippen LogP contribution < -0.4 is 5.32 Å². The minimum Gasteiger partial charge on any atom is -0.315 e. The van der Waals surface area contributed by atoms with E-state index >= 15 is 0 Å². The van der Waals surface area contributed by atoms with E-state index < -0.39 is 23.8 Å². The van der Waals surface area contributed by atoms with Gasteiger partial charge in [0.2, 0.25) is 17.6 Å². The fraction of sp³-hybridized carbons (Fsp3) is 0.545. The Morgan fingerprint density at radius 2 is 2.16 bits per heavy atom. The zero-order chi connectivity index (χ0) is 14.0. The van der Waals surface area contributed by atoms with E-state index in [2.05, 4.69) is 20.5 Å². The first kappa shape index (κ1) is 13.2. The summed E-state index contributed by atoms with van der Waals surface area (Å²) in [6, 6.07) is -0.659. The van der Waals surface area contributed by atoms with Crippen LogP contribution in [0.1, 0.15) is 36.7 Å². The van der Waals surface area contributed by atoms with Crippen LogP contribution in [0.5, 0.6) is 0 Å². The van der Waals surface area contributed by atoms with Gasteiger partial charge in [0.15, 0.2) is 0 Å². The molecule has 0 bridgehead atoms. The molecule has 102 valence electrons. The highest BCUT2D eigenvalue weighted by Crippen LogP contribution is 2.12. The smallest absolute Gasteiger partial charge is 0.294 e. The number of rotatable bonds is 3. The minimum absolute atomic E-state index is 0.0159. The molecule has 3 amide bonds. The Hall–Kier alpha value is -2.25. The molecule has 1 aliphatic rings. The van der Waals surface area contributed by atoms with Crippen LogP contribution >= 0.6 is 0 Å². The van der Waals surface area contributed by atoms with Gasteiger partial charge in [-0.3, -0.25) is 24.8 Å². The number of hydrogen-bond donors (Lipinski definition) is 2. The highest BCUT2D eigenvalue weighted by molar-refractivity contribution is 6.06. The lowest BCUT2D eigenvalue weighted by atomic mass is 10.1. The van der Waals surface area contributed by atoms with Gasteiger partial charge in [0.05, 0.1) is 0 Å². The number of nitrogens with zero attached hydrogens (tertiary/aromatic N) is 3. The summed E-state index contributed by atoms with van der Waals surface area (Å²) in [7, 11) is 0. The molecule has 0 radical (unpaired) electrons. The van der Waals surface area contributed by atoms with Crippen LogP contribution in [0.4, 0.5) is 0 Å². The summed E-state index contributed by atoms with van der Waals surface area (Å²) in [5.41, 5.74) is 0. The van der Waals surface area contributed by atoms with Crippen LogP contribution in [0.2, 0.25) is 0 Å². The molecule has 2 N–H and O–H groups in total. The minimum atomic E-state index is -0.659. The predicted octanol–water partition coefficient (Wildman–Crippen LogP) is -0.756. The van der Waals surface area contributed by atoms with Crippen molar-refractivity contribution in [2.75, 3.05) is 6.54 Å². The maximum atomic E-state index is 12.2. The maximum absolute atomic E-state index is 12.2. The highest BCUT2D eigenvalue weighted by atomic mass is 16.2. The van der Waals surface area contributed by atoms with Gasteiger partial charge in [-0.2, -0.15) is 0 Å². The van der Waals surface area contributed by atoms with Crippen molar-refractivity contribution in [1.82, 2.24) is 25.4 Å². The fourth-order valence-electron chi connectivity index (χ4n) is 1.96. The molecule has 1 unspecified atom stereocenters. The number of carbonyl (C=O) groups excluding carboxylic acids is 3. The van der Waals surface area contributed by atoms with E-state index in [0.717, 1.165) is 0 Å². The standard InChI is InChI=1S/C11H15N5O3/c1-3-6-10(18)13-8(17)5-16(6)11(19)9-12-7(4-2)14-15-9/h6H,3-5H2,1-2H3,(H,12,14,15)(H,13,17,18). The monoisotopic (exact) mass is 265 g/mol. The number of aromatic amines is 1. The van der Waals surface area contributed by atoms with E-state index in [0.29, 0.717) is 18.7 Å². The van der Waals surface area contributed by atoms with Crippen LogP contribution in [-0.4, -0.2) is 50.4 Å². The summed E-state index contributed by atoms with van der Waals surface area (Å²) in [4.78, 5) is 40.5. The van der Waals surface area contributed by atoms with Crippen molar-refractivity contribution in [2.24, 2.45) is 0 Å². The SMILES string of the molecule is CCc1nc(C(=O)N2CC(=O)NC(=O)C2CC)n[nH]1. The second kappa shape index (κ2) is 5.17. The molecule has 1 aromatic rings. The summed E-state index contributed by atoms with van der Waals surface area (Å²) in [6.45, 7) is 3.50. The zero-order valence-corrected chi connectivity index (χ0v) is 10.8. The van der Waals surface area contributed by atoms with E-state index in [-0.39, 0.29) is 12.4 Å². The van der Waals surface area contributed by atoms with Crippen molar-refractivity contribution in [3.8, 4) is 0 Å². The molecule has 1 saturated heterocycles. The van der Waals surface area contributed by atoms with Crippen molar-refractivity contribution in [2.45, 2.75) is 32.7 Å². The number of amides is 3. The van der Waals surface area contributed by atoms with E-state index in [1.54, 1.807) is 6.92 Å². The van der Waals surface area contributed by atoms with Gasteiger partial charge in [-0.05, 0) is 6.42 Å². The molecule has 0 saturated carbocycles. The molecule has 1 aliphatic heterocycles. The van der Waals surface area contributed by atoms with Crippen molar-refractivity contribution >= 4 is 17.7 Å². The lowest BCUT2D eigenvalue weighted by Gasteiger charge is -2.32. The van der Waals surface area contributed by atoms with Gasteiger partial charge < -0.3 is 4.90 Å². The van der Waals surface area contributed by atoms with E-state index in [1.807, 2.05) is 6.92 Å². The largest absolute Gasteiger partial charge is 0.315 e. The molecule has 0 spiro atoms. The van der Waals surface area contributed by atoms with Crippen LogP contribution in [0.3, 0.4) is 0 Å². The molecule has 8 heteroatoms. The van der Waals surface area contributed by atoms with Crippen molar-refractivity contribution in [1.29, 1.82) is 0 Å². The Morgan fingerprint density at radius 3 is 2.74 bits per heavy atom. The topological polar surface area (TPSA) is 108 Å². The normalized spacial score (nSPS) is 19.5. The third-order valence-electron chi connectivity index (χ3n) is 2.96. The van der Waals surface area contributed by atoms with Gasteiger partial charge >= 0.3 is 0 Å². The van der Waals surface area contributed by atoms with Gasteiger partial charge in [0, 0.05) is 6.42 Å². The van der Waals surface area contributed by atoms with Gasteiger partial charge in [-0.1, -0.05) is 13.8 Å². The van der Waals surface area contributed by atoms with Gasteiger partial charge in [-0.25, -0.2) is 4.98 Å². The second-order valence-electron chi connectivity index (χ2n) is 4.23. The average molecular weight is 265 g/mol. The summed E-state index contributed by atoms with van der Waals surface area (Å²) >= 11 is 0. The number of piperazine rings is 1. The Balaban J connectivity index is 2.24. The number of nitrogens with one attached hydrogen (secondary N) is 2. The van der Waals surface area contributed by atoms with Crippen molar-refractivity contribution in [3.05, 3.63) is 11.6 Å². The van der Waals surface area contributed by atoms with E-state index in [9.17, 15) is 14.4 Å². The predicted molar refractivity (Wildman–Crippen MR) is 64.0 cm³/mol. The third kappa shape index (κ3) is 2.47. The molecule has 2 rings (SSSR count). The molecular weight excluding hydrogens is 250 g/mol. The fourth-order valence-corrected chi connectivity index (χ4v) is 1.96. The Morgan fingerprint density at radius 1 is 1.42 bits per heavy atom. The van der Waals surface area contributed by atoms with Crippen LogP contribution in [0.25, 0.3) is 0 Å². The first-order chi connectivity index (χ1) is 9.06.